The molecule has 82 heavy (non-hydrogen) atoms. The summed E-state index contributed by atoms with van der Waals surface area (Å²) < 4.78 is 5.33. The Kier molecular flexibility index (Phi) is 10.6. The van der Waals surface area contributed by atoms with Crippen molar-refractivity contribution in [1.29, 1.82) is 0 Å². The first-order valence-electron chi connectivity index (χ1n) is 29.4. The fraction of sp³-hybridized carbons (Fsp3) is 0.205. The lowest BCUT2D eigenvalue weighted by molar-refractivity contribution is 0.591. The molecule has 15 aromatic rings. The van der Waals surface area contributed by atoms with Crippen molar-refractivity contribution in [1.82, 2.24) is 8.80 Å². The van der Waals surface area contributed by atoms with Crippen LogP contribution in [0.25, 0.3) is 97.7 Å². The zero-order valence-electron chi connectivity index (χ0n) is 49.4. The molecule has 0 aliphatic heterocycles. The predicted molar refractivity (Wildman–Crippen MR) is 355 cm³/mol. The summed E-state index contributed by atoms with van der Waals surface area (Å²) in [7, 11) is 0. The van der Waals surface area contributed by atoms with Gasteiger partial charge in [0.15, 0.2) is 0 Å². The molecule has 0 aliphatic carbocycles. The Labute approximate surface area is 481 Å². The van der Waals surface area contributed by atoms with Gasteiger partial charge in [0.1, 0.15) is 0 Å². The van der Waals surface area contributed by atoms with E-state index in [1.165, 1.54) is 143 Å². The van der Waals surface area contributed by atoms with Gasteiger partial charge in [-0.3, -0.25) is 0 Å². The van der Waals surface area contributed by atoms with Crippen LogP contribution in [-0.2, 0) is 21.7 Å². The van der Waals surface area contributed by atoms with Crippen LogP contribution in [0.15, 0.2) is 206 Å². The number of aromatic nitrogens is 2. The van der Waals surface area contributed by atoms with Crippen LogP contribution in [0.4, 0.5) is 34.1 Å². The van der Waals surface area contributed by atoms with Gasteiger partial charge in [-0.05, 0) is 138 Å². The van der Waals surface area contributed by atoms with E-state index in [-0.39, 0.29) is 21.7 Å². The standard InChI is InChI=1S/C78H70N4/c1-75(2,3)59-35-23-33-55-69-63(79(51-29-15-13-16-30-51)67-43-49-27-21-19-25-47(49)41-61(67)77(7,8)9)39-37-53-57-46-66-58(45-65(57)81(71(55)59)73(53)69)54-38-40-64(70-56-34-24-36-60(76(4,5)6)72(56)82(66)74(54)70)80(52-31-17-14-18-32-52)68-44-50-28-22-20-26-48(50)42-62(68)78(10,11)12/h13-46H,1-12H3. The van der Waals surface area contributed by atoms with Gasteiger partial charge in [-0.15, -0.1) is 0 Å². The largest absolute Gasteiger partial charge is 0.309 e. The smallest absolute Gasteiger partial charge is 0.0641 e. The monoisotopic (exact) mass is 1060 g/mol. The van der Waals surface area contributed by atoms with Crippen LogP contribution in [0, 0.1) is 0 Å². The molecule has 0 amide bonds. The molecule has 0 saturated carbocycles. The summed E-state index contributed by atoms with van der Waals surface area (Å²) in [5, 5.41) is 15.1. The van der Waals surface area contributed by atoms with Crippen LogP contribution in [0.3, 0.4) is 0 Å². The minimum Gasteiger partial charge on any atom is -0.309 e. The average Bonchev–Trinajstić information content (AvgIpc) is 1.83. The van der Waals surface area contributed by atoms with Crippen molar-refractivity contribution in [2.24, 2.45) is 0 Å². The molecule has 0 bridgehead atoms. The maximum absolute atomic E-state index is 2.66. The van der Waals surface area contributed by atoms with Gasteiger partial charge >= 0.3 is 0 Å². The number of hydrogen-bond donors (Lipinski definition) is 0. The Morgan fingerprint density at radius 2 is 0.598 bits per heavy atom. The first-order chi connectivity index (χ1) is 39.3. The molecule has 0 spiro atoms. The Morgan fingerprint density at radius 1 is 0.256 bits per heavy atom. The molecule has 4 nitrogen and oxygen atoms in total. The molecule has 4 heterocycles. The van der Waals surface area contributed by atoms with E-state index in [4.69, 9.17) is 0 Å². The van der Waals surface area contributed by atoms with Gasteiger partial charge in [0.05, 0.1) is 55.8 Å². The van der Waals surface area contributed by atoms with E-state index in [9.17, 15) is 0 Å². The van der Waals surface area contributed by atoms with Gasteiger partial charge in [-0.2, -0.15) is 0 Å². The Balaban J connectivity index is 1.09. The number of hydrogen-bond acceptors (Lipinski definition) is 2. The van der Waals surface area contributed by atoms with Gasteiger partial charge < -0.3 is 18.6 Å². The van der Waals surface area contributed by atoms with Crippen molar-refractivity contribution >= 4 is 132 Å². The summed E-state index contributed by atoms with van der Waals surface area (Å²) in [5.41, 5.74) is 19.3. The second kappa shape index (κ2) is 17.3. The molecule has 11 aromatic carbocycles. The summed E-state index contributed by atoms with van der Waals surface area (Å²) in [6.07, 6.45) is 0. The van der Waals surface area contributed by atoms with E-state index in [1.54, 1.807) is 0 Å². The number of rotatable bonds is 6. The normalized spacial score (nSPS) is 13.1. The van der Waals surface area contributed by atoms with Gasteiger partial charge in [0.25, 0.3) is 0 Å². The molecule has 15 rings (SSSR count). The van der Waals surface area contributed by atoms with E-state index in [1.807, 2.05) is 0 Å². The summed E-state index contributed by atoms with van der Waals surface area (Å²) in [5.74, 6) is 0. The topological polar surface area (TPSA) is 15.3 Å². The fourth-order valence-electron chi connectivity index (χ4n) is 14.2. The molecule has 4 heteroatoms. The summed E-state index contributed by atoms with van der Waals surface area (Å²) in [6, 6.07) is 78.5. The molecular weight excluding hydrogens is 993 g/mol. The van der Waals surface area contributed by atoms with Crippen molar-refractivity contribution < 1.29 is 0 Å². The first kappa shape index (κ1) is 50.1. The third-order valence-electron chi connectivity index (χ3n) is 17.9. The zero-order valence-corrected chi connectivity index (χ0v) is 49.4. The number of anilines is 6. The Hall–Kier alpha value is -8.86. The van der Waals surface area contributed by atoms with Crippen molar-refractivity contribution in [2.75, 3.05) is 9.80 Å². The molecule has 0 unspecified atom stereocenters. The highest BCUT2D eigenvalue weighted by Gasteiger charge is 2.34. The van der Waals surface area contributed by atoms with Crippen molar-refractivity contribution in [2.45, 2.75) is 105 Å². The Bertz CT molecular complexity index is 4740. The van der Waals surface area contributed by atoms with Crippen LogP contribution in [0.5, 0.6) is 0 Å². The lowest BCUT2D eigenvalue weighted by Crippen LogP contribution is -2.19. The minimum atomic E-state index is -0.146. The third-order valence-corrected chi connectivity index (χ3v) is 17.9. The second-order valence-corrected chi connectivity index (χ2v) is 27.4. The lowest BCUT2D eigenvalue weighted by atomic mass is 9.83. The average molecular weight is 1060 g/mol. The lowest BCUT2D eigenvalue weighted by Gasteiger charge is -2.33. The fourth-order valence-corrected chi connectivity index (χ4v) is 14.2. The molecule has 0 N–H and O–H groups in total. The summed E-state index contributed by atoms with van der Waals surface area (Å²) in [4.78, 5) is 5.13. The van der Waals surface area contributed by atoms with Gasteiger partial charge in [-0.25, -0.2) is 0 Å². The minimum absolute atomic E-state index is 0.144. The number of benzene rings is 11. The molecule has 402 valence electrons. The maximum atomic E-state index is 2.66. The van der Waals surface area contributed by atoms with Crippen LogP contribution in [-0.4, -0.2) is 8.80 Å². The van der Waals surface area contributed by atoms with Gasteiger partial charge in [-0.1, -0.05) is 217 Å². The molecule has 0 fully saturated rings. The Morgan fingerprint density at radius 3 is 0.951 bits per heavy atom. The highest BCUT2D eigenvalue weighted by molar-refractivity contribution is 6.33. The number of fused-ring (bicyclic) bond motifs is 14. The van der Waals surface area contributed by atoms with Crippen LogP contribution >= 0.6 is 0 Å². The van der Waals surface area contributed by atoms with Gasteiger partial charge in [0.2, 0.25) is 0 Å². The quantitative estimate of drug-likeness (QED) is 0.165. The summed E-state index contributed by atoms with van der Waals surface area (Å²) >= 11 is 0. The molecule has 4 aromatic heterocycles. The van der Waals surface area contributed by atoms with Gasteiger partial charge in [0, 0.05) is 54.5 Å². The second-order valence-electron chi connectivity index (χ2n) is 27.4. The highest BCUT2D eigenvalue weighted by atomic mass is 15.2. The van der Waals surface area contributed by atoms with E-state index in [2.05, 4.69) is 308 Å². The van der Waals surface area contributed by atoms with Crippen LogP contribution < -0.4 is 9.80 Å². The van der Waals surface area contributed by atoms with Crippen molar-refractivity contribution in [3.63, 3.8) is 0 Å². The van der Waals surface area contributed by atoms with Crippen molar-refractivity contribution in [3.8, 4) is 0 Å². The summed E-state index contributed by atoms with van der Waals surface area (Å²) in [6.45, 7) is 28.4. The number of nitrogens with zero attached hydrogens (tertiary/aromatic N) is 4. The molecular formula is C78H70N4. The van der Waals surface area contributed by atoms with E-state index < -0.39 is 0 Å². The van der Waals surface area contributed by atoms with Crippen molar-refractivity contribution in [3.05, 3.63) is 229 Å². The predicted octanol–water partition coefficient (Wildman–Crippen LogP) is 22.4. The van der Waals surface area contributed by atoms with E-state index in [0.29, 0.717) is 0 Å². The third kappa shape index (κ3) is 7.29. The molecule has 0 saturated heterocycles. The van der Waals surface area contributed by atoms with Crippen LogP contribution in [0.1, 0.15) is 105 Å². The van der Waals surface area contributed by atoms with E-state index in [0.717, 1.165) is 11.4 Å². The molecule has 0 atom stereocenters. The first-order valence-corrected chi connectivity index (χ1v) is 29.4. The zero-order chi connectivity index (χ0) is 56.5. The maximum Gasteiger partial charge on any atom is 0.0641 e. The van der Waals surface area contributed by atoms with E-state index >= 15 is 0 Å². The van der Waals surface area contributed by atoms with Crippen LogP contribution in [0.2, 0.25) is 0 Å². The number of para-hydroxylation sites is 4. The highest BCUT2D eigenvalue weighted by Crippen LogP contribution is 2.55. The molecule has 0 aliphatic rings. The molecule has 0 radical (unpaired) electrons. The SMILES string of the molecule is CC(C)(C)c1cc2ccccc2cc1N(c1ccccc1)c1ccc2c3cc4c(cc3n3c5c(C(C)(C)C)cccc5c1c23)c1ccc(N(c2ccccc2)c2cc3ccccc3cc2C(C)(C)C)c2c3cccc(C(C)(C)C)c3n4c12.